The molecular weight excluding hydrogens is 296 g/mol. The third-order valence-corrected chi connectivity index (χ3v) is 3.25. The number of aromatic nitrogens is 2. The van der Waals surface area contributed by atoms with Gasteiger partial charge in [0.1, 0.15) is 10.6 Å². The lowest BCUT2D eigenvalue weighted by molar-refractivity contribution is 0.0945. The molecule has 3 rings (SSSR count). The van der Waals surface area contributed by atoms with Gasteiger partial charge in [0.15, 0.2) is 5.76 Å². The number of H-pyrrole nitrogens is 1. The van der Waals surface area contributed by atoms with Crippen molar-refractivity contribution >= 4 is 28.4 Å². The standard InChI is InChI=1S/C14H9ClN2O4/c15-9-6-17(14(20)16-13(9)19)7-10(18)12-5-8-3-1-2-4-11(8)21-12/h1-6H,7H2,(H,16,19,20). The minimum absolute atomic E-state index is 0.144. The van der Waals surface area contributed by atoms with E-state index in [2.05, 4.69) is 0 Å². The number of nitrogens with one attached hydrogen (secondary N) is 1. The summed E-state index contributed by atoms with van der Waals surface area (Å²) in [6, 6.07) is 8.80. The van der Waals surface area contributed by atoms with E-state index in [9.17, 15) is 14.4 Å². The first-order valence-electron chi connectivity index (χ1n) is 6.05. The third-order valence-electron chi connectivity index (χ3n) is 2.98. The summed E-state index contributed by atoms with van der Waals surface area (Å²) < 4.78 is 6.45. The van der Waals surface area contributed by atoms with Gasteiger partial charge in [-0.1, -0.05) is 29.8 Å². The van der Waals surface area contributed by atoms with E-state index in [1.165, 1.54) is 0 Å². The summed E-state index contributed by atoms with van der Waals surface area (Å²) in [5.41, 5.74) is -0.796. The van der Waals surface area contributed by atoms with Gasteiger partial charge in [-0.15, -0.1) is 0 Å². The number of rotatable bonds is 3. The van der Waals surface area contributed by atoms with Crippen LogP contribution in [0.5, 0.6) is 0 Å². The van der Waals surface area contributed by atoms with Crippen molar-refractivity contribution in [1.29, 1.82) is 0 Å². The lowest BCUT2D eigenvalue weighted by atomic mass is 10.2. The molecule has 7 heteroatoms. The summed E-state index contributed by atoms with van der Waals surface area (Å²) in [5.74, 6) is -0.248. The predicted octanol–water partition coefficient (Wildman–Crippen LogP) is 1.82. The van der Waals surface area contributed by atoms with Crippen LogP contribution in [0.15, 0.2) is 50.5 Å². The third kappa shape index (κ3) is 2.53. The van der Waals surface area contributed by atoms with Crippen LogP contribution in [0.3, 0.4) is 0 Å². The van der Waals surface area contributed by atoms with E-state index in [-0.39, 0.29) is 17.3 Å². The van der Waals surface area contributed by atoms with Crippen molar-refractivity contribution in [2.75, 3.05) is 0 Å². The van der Waals surface area contributed by atoms with Crippen LogP contribution in [0.2, 0.25) is 5.02 Å². The van der Waals surface area contributed by atoms with Crippen molar-refractivity contribution in [1.82, 2.24) is 9.55 Å². The molecule has 0 unspecified atom stereocenters. The highest BCUT2D eigenvalue weighted by Gasteiger charge is 2.14. The van der Waals surface area contributed by atoms with E-state index >= 15 is 0 Å². The second-order valence-corrected chi connectivity index (χ2v) is 4.84. The number of para-hydroxylation sites is 1. The average molecular weight is 305 g/mol. The molecule has 0 saturated carbocycles. The Kier molecular flexibility index (Phi) is 3.23. The second kappa shape index (κ2) is 5.06. The molecule has 1 aromatic carbocycles. The number of benzene rings is 1. The first kappa shape index (κ1) is 13.4. The van der Waals surface area contributed by atoms with Crippen LogP contribution in [0.25, 0.3) is 11.0 Å². The molecule has 2 heterocycles. The first-order valence-corrected chi connectivity index (χ1v) is 6.43. The monoisotopic (exact) mass is 304 g/mol. The number of carbonyl (C=O) groups excluding carboxylic acids is 1. The van der Waals surface area contributed by atoms with Gasteiger partial charge in [0, 0.05) is 11.6 Å². The highest BCUT2D eigenvalue weighted by molar-refractivity contribution is 6.30. The molecule has 21 heavy (non-hydrogen) atoms. The maximum absolute atomic E-state index is 12.1. The number of fused-ring (bicyclic) bond motifs is 1. The molecule has 6 nitrogen and oxygen atoms in total. The maximum atomic E-state index is 12.1. The number of carbonyl (C=O) groups is 1. The molecule has 0 aliphatic carbocycles. The fourth-order valence-electron chi connectivity index (χ4n) is 1.95. The number of aromatic amines is 1. The molecule has 0 atom stereocenters. The normalized spacial score (nSPS) is 10.9. The number of furan rings is 1. The lowest BCUT2D eigenvalue weighted by Crippen LogP contribution is -2.31. The molecule has 0 aliphatic heterocycles. The molecular formula is C14H9ClN2O4. The molecule has 0 spiro atoms. The Hall–Kier alpha value is -2.60. The zero-order valence-corrected chi connectivity index (χ0v) is 11.4. The van der Waals surface area contributed by atoms with Crippen molar-refractivity contribution in [3.05, 3.63) is 68.1 Å². The topological polar surface area (TPSA) is 85.1 Å². The average Bonchev–Trinajstić information content (AvgIpc) is 2.88. The van der Waals surface area contributed by atoms with Crippen LogP contribution in [-0.2, 0) is 6.54 Å². The Morgan fingerprint density at radius 3 is 2.81 bits per heavy atom. The van der Waals surface area contributed by atoms with E-state index in [1.807, 2.05) is 17.1 Å². The van der Waals surface area contributed by atoms with E-state index in [4.69, 9.17) is 16.0 Å². The van der Waals surface area contributed by atoms with Gasteiger partial charge in [0.05, 0.1) is 6.54 Å². The van der Waals surface area contributed by atoms with Crippen LogP contribution in [0, 0.1) is 0 Å². The number of hydrogen-bond acceptors (Lipinski definition) is 4. The number of Topliss-reactive ketones (excluding diaryl/α,β-unsaturated/α-hetero) is 1. The van der Waals surface area contributed by atoms with Crippen LogP contribution < -0.4 is 11.2 Å². The van der Waals surface area contributed by atoms with E-state index in [1.54, 1.807) is 18.2 Å². The van der Waals surface area contributed by atoms with E-state index in [0.29, 0.717) is 5.58 Å². The zero-order chi connectivity index (χ0) is 15.0. The molecule has 1 N–H and O–H groups in total. The quantitative estimate of drug-likeness (QED) is 0.748. The first-order chi connectivity index (χ1) is 10.0. The largest absolute Gasteiger partial charge is 0.453 e. The van der Waals surface area contributed by atoms with Gasteiger partial charge in [0.2, 0.25) is 5.78 Å². The van der Waals surface area contributed by atoms with Crippen molar-refractivity contribution in [3.63, 3.8) is 0 Å². The molecule has 0 amide bonds. The van der Waals surface area contributed by atoms with Crippen LogP contribution in [0.4, 0.5) is 0 Å². The van der Waals surface area contributed by atoms with Crippen molar-refractivity contribution in [3.8, 4) is 0 Å². The number of nitrogens with zero attached hydrogens (tertiary/aromatic N) is 1. The molecule has 0 bridgehead atoms. The van der Waals surface area contributed by atoms with Gasteiger partial charge in [-0.3, -0.25) is 19.1 Å². The minimum atomic E-state index is -0.700. The molecule has 2 aromatic heterocycles. The Balaban J connectivity index is 1.94. The van der Waals surface area contributed by atoms with Crippen LogP contribution in [0.1, 0.15) is 10.6 Å². The fraction of sp³-hybridized carbons (Fsp3) is 0.0714. The number of ketones is 1. The highest BCUT2D eigenvalue weighted by atomic mass is 35.5. The summed E-state index contributed by atoms with van der Waals surface area (Å²) >= 11 is 5.64. The highest BCUT2D eigenvalue weighted by Crippen LogP contribution is 2.19. The molecule has 0 fully saturated rings. The number of halogens is 1. The summed E-state index contributed by atoms with van der Waals surface area (Å²) in [6.45, 7) is -0.269. The summed E-state index contributed by atoms with van der Waals surface area (Å²) in [7, 11) is 0. The molecule has 0 radical (unpaired) electrons. The lowest BCUT2D eigenvalue weighted by Gasteiger charge is -2.02. The van der Waals surface area contributed by atoms with E-state index in [0.717, 1.165) is 16.2 Å². The van der Waals surface area contributed by atoms with Gasteiger partial charge >= 0.3 is 5.69 Å². The van der Waals surface area contributed by atoms with Crippen molar-refractivity contribution in [2.24, 2.45) is 0 Å². The van der Waals surface area contributed by atoms with Crippen LogP contribution >= 0.6 is 11.6 Å². The summed E-state index contributed by atoms with van der Waals surface area (Å²) in [5, 5.41) is 0.639. The van der Waals surface area contributed by atoms with Crippen LogP contribution in [-0.4, -0.2) is 15.3 Å². The smallest absolute Gasteiger partial charge is 0.328 e. The summed E-state index contributed by atoms with van der Waals surface area (Å²) in [4.78, 5) is 36.9. The molecule has 3 aromatic rings. The molecule has 106 valence electrons. The van der Waals surface area contributed by atoms with Gasteiger partial charge < -0.3 is 4.42 Å². The number of hydrogen-bond donors (Lipinski definition) is 1. The molecule has 0 aliphatic rings. The summed E-state index contributed by atoms with van der Waals surface area (Å²) in [6.07, 6.45) is 1.13. The van der Waals surface area contributed by atoms with Gasteiger partial charge in [0.25, 0.3) is 5.56 Å². The zero-order valence-electron chi connectivity index (χ0n) is 10.6. The Morgan fingerprint density at radius 1 is 1.29 bits per heavy atom. The van der Waals surface area contributed by atoms with Gasteiger partial charge in [-0.05, 0) is 12.1 Å². The Labute approximate surface area is 122 Å². The predicted molar refractivity (Wildman–Crippen MR) is 76.9 cm³/mol. The van der Waals surface area contributed by atoms with Crippen molar-refractivity contribution in [2.45, 2.75) is 6.54 Å². The van der Waals surface area contributed by atoms with Gasteiger partial charge in [-0.25, -0.2) is 4.79 Å². The van der Waals surface area contributed by atoms with Crippen molar-refractivity contribution < 1.29 is 9.21 Å². The minimum Gasteiger partial charge on any atom is -0.453 e. The fourth-order valence-corrected chi connectivity index (χ4v) is 2.12. The van der Waals surface area contributed by atoms with E-state index < -0.39 is 17.0 Å². The molecule has 0 saturated heterocycles. The SMILES string of the molecule is O=C(Cn1cc(Cl)c(=O)[nH]c1=O)c1cc2ccccc2o1. The van der Waals surface area contributed by atoms with Gasteiger partial charge in [-0.2, -0.15) is 0 Å². The Bertz CT molecular complexity index is 918. The maximum Gasteiger partial charge on any atom is 0.328 e. The Morgan fingerprint density at radius 2 is 2.05 bits per heavy atom. The second-order valence-electron chi connectivity index (χ2n) is 4.44.